The van der Waals surface area contributed by atoms with E-state index < -0.39 is 0 Å². The van der Waals surface area contributed by atoms with Crippen molar-refractivity contribution in [3.8, 4) is 11.5 Å². The third-order valence-corrected chi connectivity index (χ3v) is 3.44. The Labute approximate surface area is 147 Å². The Morgan fingerprint density at radius 3 is 2.20 bits per heavy atom. The van der Waals surface area contributed by atoms with E-state index >= 15 is 0 Å². The fourth-order valence-electron chi connectivity index (χ4n) is 2.16. The van der Waals surface area contributed by atoms with Gasteiger partial charge >= 0.3 is 0 Å². The van der Waals surface area contributed by atoms with Crippen LogP contribution in [0, 0.1) is 0 Å². The van der Waals surface area contributed by atoms with E-state index in [0.717, 1.165) is 5.56 Å². The molecular formula is C19H22N2O4. The van der Waals surface area contributed by atoms with E-state index in [2.05, 4.69) is 10.6 Å². The number of carbonyl (C=O) groups excluding carboxylic acids is 2. The first-order chi connectivity index (χ1) is 12.1. The predicted molar refractivity (Wildman–Crippen MR) is 94.8 cm³/mol. The lowest BCUT2D eigenvalue weighted by molar-refractivity contribution is -0.123. The third kappa shape index (κ3) is 5.53. The maximum atomic E-state index is 11.9. The maximum absolute atomic E-state index is 11.9. The van der Waals surface area contributed by atoms with Crippen molar-refractivity contribution in [3.63, 3.8) is 0 Å². The average Bonchev–Trinajstić information content (AvgIpc) is 2.65. The van der Waals surface area contributed by atoms with Gasteiger partial charge in [-0.2, -0.15) is 0 Å². The van der Waals surface area contributed by atoms with Crippen LogP contribution in [0.2, 0.25) is 0 Å². The van der Waals surface area contributed by atoms with Crippen LogP contribution in [0.25, 0.3) is 0 Å². The van der Waals surface area contributed by atoms with Gasteiger partial charge in [-0.05, 0) is 36.8 Å². The van der Waals surface area contributed by atoms with Gasteiger partial charge in [-0.15, -0.1) is 0 Å². The van der Waals surface area contributed by atoms with Crippen LogP contribution >= 0.6 is 0 Å². The number of hydrogen-bond acceptors (Lipinski definition) is 4. The van der Waals surface area contributed by atoms with Crippen molar-refractivity contribution in [2.45, 2.75) is 13.5 Å². The molecule has 2 rings (SSSR count). The molecule has 0 unspecified atom stereocenters. The number of rotatable bonds is 8. The van der Waals surface area contributed by atoms with Crippen molar-refractivity contribution in [2.24, 2.45) is 0 Å². The second-order valence-electron chi connectivity index (χ2n) is 5.22. The first-order valence-corrected chi connectivity index (χ1v) is 8.06. The Kier molecular flexibility index (Phi) is 6.83. The van der Waals surface area contributed by atoms with Gasteiger partial charge in [0.05, 0.1) is 6.61 Å². The first-order valence-electron chi connectivity index (χ1n) is 8.06. The van der Waals surface area contributed by atoms with Gasteiger partial charge in [0, 0.05) is 19.2 Å². The molecule has 0 saturated heterocycles. The second kappa shape index (κ2) is 9.32. The molecular weight excluding hydrogens is 320 g/mol. The number of carbonyl (C=O) groups is 2. The van der Waals surface area contributed by atoms with Gasteiger partial charge in [0.2, 0.25) is 0 Å². The minimum Gasteiger partial charge on any atom is -0.490 e. The van der Waals surface area contributed by atoms with Gasteiger partial charge in [0.25, 0.3) is 11.8 Å². The predicted octanol–water partition coefficient (Wildman–Crippen LogP) is 2.14. The minimum atomic E-state index is -0.235. The summed E-state index contributed by atoms with van der Waals surface area (Å²) in [5.41, 5.74) is 1.48. The Morgan fingerprint density at radius 1 is 0.960 bits per heavy atom. The average molecular weight is 342 g/mol. The van der Waals surface area contributed by atoms with E-state index in [0.29, 0.717) is 30.2 Å². The smallest absolute Gasteiger partial charge is 0.258 e. The summed E-state index contributed by atoms with van der Waals surface area (Å²) in [5.74, 6) is 0.774. The van der Waals surface area contributed by atoms with Crippen LogP contribution < -0.4 is 20.1 Å². The molecule has 0 aliphatic carbocycles. The second-order valence-corrected chi connectivity index (χ2v) is 5.22. The van der Waals surface area contributed by atoms with Crippen molar-refractivity contribution in [2.75, 3.05) is 20.3 Å². The van der Waals surface area contributed by atoms with Crippen molar-refractivity contribution in [1.29, 1.82) is 0 Å². The van der Waals surface area contributed by atoms with E-state index in [9.17, 15) is 9.59 Å². The largest absolute Gasteiger partial charge is 0.490 e. The van der Waals surface area contributed by atoms with Gasteiger partial charge < -0.3 is 20.1 Å². The molecule has 0 heterocycles. The van der Waals surface area contributed by atoms with Crippen LogP contribution in [0.5, 0.6) is 11.5 Å². The number of benzene rings is 2. The molecule has 2 N–H and O–H groups in total. The Hall–Kier alpha value is -3.02. The zero-order valence-electron chi connectivity index (χ0n) is 14.4. The summed E-state index contributed by atoms with van der Waals surface area (Å²) in [5, 5.41) is 5.34. The van der Waals surface area contributed by atoms with Crippen LogP contribution in [0.15, 0.2) is 48.5 Å². The molecule has 2 aromatic rings. The van der Waals surface area contributed by atoms with Crippen LogP contribution in [-0.4, -0.2) is 32.1 Å². The standard InChI is InChI=1S/C19H22N2O4/c1-3-24-16-6-4-5-7-17(16)25-13-18(22)21-12-14-8-10-15(11-9-14)19(23)20-2/h4-11H,3,12-13H2,1-2H3,(H,20,23)(H,21,22). The van der Waals surface area contributed by atoms with E-state index in [1.807, 2.05) is 19.1 Å². The number of hydrogen-bond donors (Lipinski definition) is 2. The van der Waals surface area contributed by atoms with E-state index in [1.54, 1.807) is 43.4 Å². The Bertz CT molecular complexity index is 714. The fourth-order valence-corrected chi connectivity index (χ4v) is 2.16. The molecule has 0 radical (unpaired) electrons. The van der Waals surface area contributed by atoms with E-state index in [4.69, 9.17) is 9.47 Å². The number of amides is 2. The van der Waals surface area contributed by atoms with Gasteiger partial charge in [-0.25, -0.2) is 0 Å². The molecule has 132 valence electrons. The molecule has 2 aromatic carbocycles. The monoisotopic (exact) mass is 342 g/mol. The molecule has 0 fully saturated rings. The molecule has 0 bridgehead atoms. The molecule has 0 aliphatic heterocycles. The van der Waals surface area contributed by atoms with Crippen molar-refractivity contribution in [1.82, 2.24) is 10.6 Å². The van der Waals surface area contributed by atoms with Crippen LogP contribution in [0.1, 0.15) is 22.8 Å². The van der Waals surface area contributed by atoms with Gasteiger partial charge in [0.1, 0.15) is 0 Å². The summed E-state index contributed by atoms with van der Waals surface area (Å²) in [6.45, 7) is 2.68. The normalized spacial score (nSPS) is 10.0. The van der Waals surface area contributed by atoms with Gasteiger partial charge in [-0.3, -0.25) is 9.59 Å². The van der Waals surface area contributed by atoms with Gasteiger partial charge in [0.15, 0.2) is 18.1 Å². The summed E-state index contributed by atoms with van der Waals surface area (Å²) < 4.78 is 11.0. The van der Waals surface area contributed by atoms with Crippen molar-refractivity contribution < 1.29 is 19.1 Å². The summed E-state index contributed by atoms with van der Waals surface area (Å²) in [4.78, 5) is 23.4. The summed E-state index contributed by atoms with van der Waals surface area (Å²) in [7, 11) is 1.58. The van der Waals surface area contributed by atoms with Crippen molar-refractivity contribution >= 4 is 11.8 Å². The highest BCUT2D eigenvalue weighted by atomic mass is 16.5. The highest BCUT2D eigenvalue weighted by Gasteiger charge is 2.08. The van der Waals surface area contributed by atoms with Crippen molar-refractivity contribution in [3.05, 3.63) is 59.7 Å². The first kappa shape index (κ1) is 18.3. The van der Waals surface area contributed by atoms with Crippen LogP contribution in [0.4, 0.5) is 0 Å². The van der Waals surface area contributed by atoms with E-state index in [1.165, 1.54) is 0 Å². The minimum absolute atomic E-state index is 0.0968. The Balaban J connectivity index is 1.82. The molecule has 0 saturated carbocycles. The molecule has 0 aliphatic rings. The maximum Gasteiger partial charge on any atom is 0.258 e. The summed E-state index contributed by atoms with van der Waals surface area (Å²) in [6.07, 6.45) is 0. The lowest BCUT2D eigenvalue weighted by Gasteiger charge is -2.11. The molecule has 0 spiro atoms. The molecule has 6 heteroatoms. The Morgan fingerprint density at radius 2 is 1.60 bits per heavy atom. The van der Waals surface area contributed by atoms with Crippen LogP contribution in [-0.2, 0) is 11.3 Å². The van der Waals surface area contributed by atoms with Gasteiger partial charge in [-0.1, -0.05) is 24.3 Å². The lowest BCUT2D eigenvalue weighted by atomic mass is 10.1. The zero-order chi connectivity index (χ0) is 18.1. The topological polar surface area (TPSA) is 76.7 Å². The number of nitrogens with one attached hydrogen (secondary N) is 2. The molecule has 0 aromatic heterocycles. The quantitative estimate of drug-likeness (QED) is 0.771. The van der Waals surface area contributed by atoms with Crippen LogP contribution in [0.3, 0.4) is 0 Å². The summed E-state index contributed by atoms with van der Waals surface area (Å²) >= 11 is 0. The highest BCUT2D eigenvalue weighted by Crippen LogP contribution is 2.26. The lowest BCUT2D eigenvalue weighted by Crippen LogP contribution is -2.28. The highest BCUT2D eigenvalue weighted by molar-refractivity contribution is 5.93. The molecule has 6 nitrogen and oxygen atoms in total. The molecule has 25 heavy (non-hydrogen) atoms. The molecule has 0 atom stereocenters. The molecule has 2 amide bonds. The SMILES string of the molecule is CCOc1ccccc1OCC(=O)NCc1ccc(C(=O)NC)cc1. The van der Waals surface area contributed by atoms with E-state index in [-0.39, 0.29) is 18.4 Å². The fraction of sp³-hybridized carbons (Fsp3) is 0.263. The number of para-hydroxylation sites is 2. The third-order valence-electron chi connectivity index (χ3n) is 3.44. The zero-order valence-corrected chi connectivity index (χ0v) is 14.4. The summed E-state index contributed by atoms with van der Waals surface area (Å²) in [6, 6.07) is 14.3. The number of ether oxygens (including phenoxy) is 2.